The van der Waals surface area contributed by atoms with Gasteiger partial charge in [-0.3, -0.25) is 18.6 Å². The van der Waals surface area contributed by atoms with Crippen molar-refractivity contribution < 1.29 is 37.6 Å². The van der Waals surface area contributed by atoms with Gasteiger partial charge in [0, 0.05) is 19.4 Å². The molecule has 0 fully saturated rings. The summed E-state index contributed by atoms with van der Waals surface area (Å²) in [4.78, 5) is 35.3. The second-order valence-corrected chi connectivity index (χ2v) is 24.8. The number of unbranched alkanes of at least 4 members (excludes halogenated alkanes) is 39. The summed E-state index contributed by atoms with van der Waals surface area (Å²) >= 11 is 0. The van der Waals surface area contributed by atoms with E-state index in [-0.39, 0.29) is 38.6 Å². The minimum atomic E-state index is -4.40. The van der Waals surface area contributed by atoms with E-state index in [4.69, 9.17) is 24.3 Å². The predicted octanol–water partition coefficient (Wildman–Crippen LogP) is 23.0. The molecule has 482 valence electrons. The highest BCUT2D eigenvalue weighted by Gasteiger charge is 2.26. The monoisotopic (exact) mass is 1180 g/mol. The van der Waals surface area contributed by atoms with E-state index in [9.17, 15) is 19.0 Å². The molecule has 2 unspecified atom stereocenters. The minimum absolute atomic E-state index is 0.0519. The van der Waals surface area contributed by atoms with E-state index in [1.54, 1.807) is 0 Å². The number of phosphoric ester groups is 1. The molecule has 0 rings (SSSR count). The van der Waals surface area contributed by atoms with Crippen LogP contribution >= 0.6 is 7.82 Å². The van der Waals surface area contributed by atoms with E-state index >= 15 is 0 Å². The molecule has 0 heterocycles. The third kappa shape index (κ3) is 68.2. The first-order valence-electron chi connectivity index (χ1n) is 35.1. The van der Waals surface area contributed by atoms with Crippen molar-refractivity contribution in [3.8, 4) is 0 Å². The number of carbonyl (C=O) groups is 2. The molecule has 0 bridgehead atoms. The molecule has 0 spiro atoms. The minimum Gasteiger partial charge on any atom is -0.462 e. The third-order valence-corrected chi connectivity index (χ3v) is 16.2. The number of rotatable bonds is 66. The average Bonchev–Trinajstić information content (AvgIpc) is 3.49. The maximum Gasteiger partial charge on any atom is 0.472 e. The summed E-state index contributed by atoms with van der Waals surface area (Å²) in [5.74, 6) is -0.818. The summed E-state index contributed by atoms with van der Waals surface area (Å²) < 4.78 is 33.2. The molecule has 0 aromatic heterocycles. The Hall–Kier alpha value is -2.81. The quantitative estimate of drug-likeness (QED) is 0.0264. The highest BCUT2D eigenvalue weighted by atomic mass is 31.2. The van der Waals surface area contributed by atoms with E-state index in [1.807, 2.05) is 0 Å². The van der Waals surface area contributed by atoms with Crippen molar-refractivity contribution in [1.29, 1.82) is 0 Å². The van der Waals surface area contributed by atoms with Crippen molar-refractivity contribution in [2.45, 2.75) is 341 Å². The maximum atomic E-state index is 12.8. The van der Waals surface area contributed by atoms with Gasteiger partial charge < -0.3 is 20.1 Å². The number of carbonyl (C=O) groups excluding carboxylic acids is 2. The van der Waals surface area contributed by atoms with E-state index < -0.39 is 26.5 Å². The number of esters is 2. The van der Waals surface area contributed by atoms with Gasteiger partial charge in [0.15, 0.2) is 6.10 Å². The second kappa shape index (κ2) is 68.3. The lowest BCUT2D eigenvalue weighted by atomic mass is 10.0. The van der Waals surface area contributed by atoms with Gasteiger partial charge >= 0.3 is 19.8 Å². The molecular formula is C73H132NO8P. The summed E-state index contributed by atoms with van der Waals surface area (Å²) in [6.45, 7) is 3.66. The summed E-state index contributed by atoms with van der Waals surface area (Å²) in [5, 5.41) is 0. The molecule has 0 aliphatic rings. The van der Waals surface area contributed by atoms with Gasteiger partial charge in [0.05, 0.1) is 13.2 Å². The van der Waals surface area contributed by atoms with Gasteiger partial charge in [0.25, 0.3) is 0 Å². The first kappa shape index (κ1) is 80.2. The number of ether oxygens (including phenoxy) is 2. The standard InChI is InChI=1S/C73H132NO8P/c1-3-5-7-9-11-13-15-17-19-21-23-25-27-29-30-31-32-33-34-35-36-37-38-39-40-42-43-45-47-49-51-53-55-57-59-61-63-65-72(75)79-69-71(70-81-83(77,78)80-68-67-74)82-73(76)66-64-62-60-58-56-54-52-50-48-46-44-41-28-26-24-22-20-18-16-14-12-10-8-6-4-2/h6,8,12,14-15,17-18,20-21,23-24,26-27,29,71H,3-5,7,9-11,13,16,19,22,25,28,30-70,74H2,1-2H3,(H,77,78)/b8-6-,14-12-,17-15-,20-18-,23-21-,26-24-,29-27-. The zero-order chi connectivity index (χ0) is 60.1. The Morgan fingerprint density at radius 3 is 0.988 bits per heavy atom. The molecule has 0 aliphatic heterocycles. The fourth-order valence-corrected chi connectivity index (χ4v) is 10.9. The smallest absolute Gasteiger partial charge is 0.462 e. The molecule has 2 atom stereocenters. The Balaban J connectivity index is 3.82. The van der Waals surface area contributed by atoms with E-state index in [0.717, 1.165) is 77.0 Å². The van der Waals surface area contributed by atoms with E-state index in [1.165, 1.54) is 225 Å². The van der Waals surface area contributed by atoms with Crippen LogP contribution in [-0.4, -0.2) is 49.3 Å². The van der Waals surface area contributed by atoms with Crippen LogP contribution in [0, 0.1) is 0 Å². The molecule has 0 amide bonds. The van der Waals surface area contributed by atoms with Crippen molar-refractivity contribution in [3.63, 3.8) is 0 Å². The summed E-state index contributed by atoms with van der Waals surface area (Å²) in [7, 11) is -4.40. The van der Waals surface area contributed by atoms with Crippen molar-refractivity contribution >= 4 is 19.8 Å². The molecule has 9 nitrogen and oxygen atoms in total. The fraction of sp³-hybridized carbons (Fsp3) is 0.781. The summed E-state index contributed by atoms with van der Waals surface area (Å²) in [5.41, 5.74) is 5.40. The Morgan fingerprint density at radius 2 is 0.663 bits per heavy atom. The first-order valence-corrected chi connectivity index (χ1v) is 36.6. The van der Waals surface area contributed by atoms with E-state index in [0.29, 0.717) is 6.42 Å². The van der Waals surface area contributed by atoms with Gasteiger partial charge in [-0.15, -0.1) is 0 Å². The van der Waals surface area contributed by atoms with Gasteiger partial charge in [-0.1, -0.05) is 317 Å². The number of nitrogens with two attached hydrogens (primary N) is 1. The van der Waals surface area contributed by atoms with Crippen molar-refractivity contribution in [3.05, 3.63) is 85.1 Å². The first-order chi connectivity index (χ1) is 40.8. The molecule has 0 aromatic rings. The molecule has 83 heavy (non-hydrogen) atoms. The number of hydrogen-bond donors (Lipinski definition) is 2. The largest absolute Gasteiger partial charge is 0.472 e. The number of allylic oxidation sites excluding steroid dienone is 14. The number of hydrogen-bond acceptors (Lipinski definition) is 8. The maximum absolute atomic E-state index is 12.8. The Bertz CT molecular complexity index is 1640. The molecular weight excluding hydrogens is 1050 g/mol. The second-order valence-electron chi connectivity index (χ2n) is 23.4. The van der Waals surface area contributed by atoms with Crippen LogP contribution in [0.15, 0.2) is 85.1 Å². The fourth-order valence-electron chi connectivity index (χ4n) is 10.1. The average molecular weight is 1180 g/mol. The molecule has 3 N–H and O–H groups in total. The topological polar surface area (TPSA) is 134 Å². The van der Waals surface area contributed by atoms with Crippen molar-refractivity contribution in [2.75, 3.05) is 26.4 Å². The zero-order valence-electron chi connectivity index (χ0n) is 54.2. The predicted molar refractivity (Wildman–Crippen MR) is 358 cm³/mol. The van der Waals surface area contributed by atoms with E-state index in [2.05, 4.69) is 98.9 Å². The van der Waals surface area contributed by atoms with Crippen LogP contribution in [0.5, 0.6) is 0 Å². The molecule has 0 aromatic carbocycles. The molecule has 0 radical (unpaired) electrons. The SMILES string of the molecule is CC/C=C\C/C=C\C/C=C\C/C=C\CCCCCCCCCCCCCCC(=O)OC(COC(=O)CCCCCCCCCCCCCCCCCCCCCCCC/C=C\C/C=C\C/C=C\CCCCCCC)COP(=O)(O)OCCN. The molecule has 0 saturated carbocycles. The molecule has 10 heteroatoms. The zero-order valence-corrected chi connectivity index (χ0v) is 55.1. The van der Waals surface area contributed by atoms with Crippen LogP contribution in [0.4, 0.5) is 0 Å². The van der Waals surface area contributed by atoms with Crippen LogP contribution in [0.2, 0.25) is 0 Å². The van der Waals surface area contributed by atoms with Gasteiger partial charge in [-0.2, -0.15) is 0 Å². The highest BCUT2D eigenvalue weighted by Crippen LogP contribution is 2.43. The van der Waals surface area contributed by atoms with Gasteiger partial charge in [-0.05, 0) is 89.9 Å². The normalized spacial score (nSPS) is 13.4. The summed E-state index contributed by atoms with van der Waals surface area (Å²) in [6, 6.07) is 0. The van der Waals surface area contributed by atoms with Crippen molar-refractivity contribution in [2.24, 2.45) is 5.73 Å². The van der Waals surface area contributed by atoms with Crippen LogP contribution < -0.4 is 5.73 Å². The highest BCUT2D eigenvalue weighted by molar-refractivity contribution is 7.47. The van der Waals surface area contributed by atoms with Crippen LogP contribution in [0.25, 0.3) is 0 Å². The number of phosphoric acid groups is 1. The summed E-state index contributed by atoms with van der Waals surface area (Å²) in [6.07, 6.45) is 91.1. The lowest BCUT2D eigenvalue weighted by Gasteiger charge is -2.19. The Morgan fingerprint density at radius 1 is 0.373 bits per heavy atom. The van der Waals surface area contributed by atoms with Gasteiger partial charge in [-0.25, -0.2) is 4.57 Å². The molecule has 0 saturated heterocycles. The Kier molecular flexibility index (Phi) is 66.0. The van der Waals surface area contributed by atoms with Crippen LogP contribution in [-0.2, 0) is 32.7 Å². The van der Waals surface area contributed by atoms with Gasteiger partial charge in [0.1, 0.15) is 6.61 Å². The lowest BCUT2D eigenvalue weighted by Crippen LogP contribution is -2.29. The molecule has 0 aliphatic carbocycles. The third-order valence-electron chi connectivity index (χ3n) is 15.3. The van der Waals surface area contributed by atoms with Gasteiger partial charge in [0.2, 0.25) is 0 Å². The van der Waals surface area contributed by atoms with Crippen LogP contribution in [0.3, 0.4) is 0 Å². The van der Waals surface area contributed by atoms with Crippen molar-refractivity contribution in [1.82, 2.24) is 0 Å². The lowest BCUT2D eigenvalue weighted by molar-refractivity contribution is -0.161. The Labute approximate surface area is 513 Å². The van der Waals surface area contributed by atoms with Crippen LogP contribution in [0.1, 0.15) is 335 Å².